The number of carbonyl (C=O) groups excluding carboxylic acids is 2. The van der Waals surface area contributed by atoms with E-state index >= 15 is 0 Å². The van der Waals surface area contributed by atoms with Gasteiger partial charge in [-0.2, -0.15) is 0 Å². The van der Waals surface area contributed by atoms with Gasteiger partial charge in [0.15, 0.2) is 0 Å². The van der Waals surface area contributed by atoms with Crippen molar-refractivity contribution in [3.05, 3.63) is 35.6 Å². The molecule has 2 saturated heterocycles. The van der Waals surface area contributed by atoms with Crippen LogP contribution in [-0.2, 0) is 20.9 Å². The van der Waals surface area contributed by atoms with E-state index in [2.05, 4.69) is 0 Å². The highest BCUT2D eigenvalue weighted by molar-refractivity contribution is 5.87. The van der Waals surface area contributed by atoms with Gasteiger partial charge in [0.25, 0.3) is 0 Å². The van der Waals surface area contributed by atoms with Crippen LogP contribution >= 0.6 is 0 Å². The molecule has 0 radical (unpaired) electrons. The minimum atomic E-state index is -0.462. The van der Waals surface area contributed by atoms with E-state index in [4.69, 9.17) is 4.74 Å². The molecular formula is C17H21FN2O3. The Labute approximate surface area is 135 Å². The van der Waals surface area contributed by atoms with E-state index in [9.17, 15) is 14.0 Å². The van der Waals surface area contributed by atoms with Crippen molar-refractivity contribution in [1.29, 1.82) is 0 Å². The zero-order valence-corrected chi connectivity index (χ0v) is 13.3. The molecule has 0 N–H and O–H groups in total. The lowest BCUT2D eigenvalue weighted by molar-refractivity contribution is -0.137. The van der Waals surface area contributed by atoms with Crippen molar-refractivity contribution in [3.63, 3.8) is 0 Å². The summed E-state index contributed by atoms with van der Waals surface area (Å²) in [5, 5.41) is 0. The van der Waals surface area contributed by atoms with E-state index in [1.807, 2.05) is 6.07 Å². The van der Waals surface area contributed by atoms with E-state index in [-0.39, 0.29) is 24.2 Å². The van der Waals surface area contributed by atoms with Gasteiger partial charge < -0.3 is 14.5 Å². The van der Waals surface area contributed by atoms with Gasteiger partial charge in [-0.05, 0) is 30.5 Å². The number of amides is 2. The maximum atomic E-state index is 13.3. The Balaban J connectivity index is 1.66. The van der Waals surface area contributed by atoms with Crippen LogP contribution in [0.15, 0.2) is 24.3 Å². The summed E-state index contributed by atoms with van der Waals surface area (Å²) in [6.45, 7) is 2.19. The molecule has 1 aromatic carbocycles. The molecule has 2 aliphatic heterocycles. The van der Waals surface area contributed by atoms with Crippen molar-refractivity contribution in [2.45, 2.75) is 19.4 Å². The molecule has 1 aromatic rings. The van der Waals surface area contributed by atoms with Crippen molar-refractivity contribution in [3.8, 4) is 0 Å². The van der Waals surface area contributed by atoms with Crippen LogP contribution in [0.5, 0.6) is 0 Å². The molecule has 6 heteroatoms. The van der Waals surface area contributed by atoms with Crippen LogP contribution in [0.3, 0.4) is 0 Å². The van der Waals surface area contributed by atoms with Crippen LogP contribution in [0, 0.1) is 11.2 Å². The molecule has 1 atom stereocenters. The van der Waals surface area contributed by atoms with Crippen LogP contribution < -0.4 is 0 Å². The smallest absolute Gasteiger partial charge is 0.248 e. The second-order valence-electron chi connectivity index (χ2n) is 6.39. The van der Waals surface area contributed by atoms with E-state index in [0.29, 0.717) is 32.6 Å². The fourth-order valence-corrected chi connectivity index (χ4v) is 3.58. The summed E-state index contributed by atoms with van der Waals surface area (Å²) in [5.74, 6) is -0.281. The quantitative estimate of drug-likeness (QED) is 0.843. The van der Waals surface area contributed by atoms with Gasteiger partial charge in [-0.25, -0.2) is 4.39 Å². The standard InChI is InChI=1S/C17H21FN2O3/c1-23-11-15(21)20-8-6-17(12-20)5-7-19(16(17)22)10-13-3-2-4-14(18)9-13/h2-4,9H,5-8,10-12H2,1H3/t17-/m1/s1. The Morgan fingerprint density at radius 2 is 2.13 bits per heavy atom. The molecule has 0 bridgehead atoms. The summed E-state index contributed by atoms with van der Waals surface area (Å²) < 4.78 is 18.2. The summed E-state index contributed by atoms with van der Waals surface area (Å²) in [4.78, 5) is 28.2. The predicted octanol–water partition coefficient (Wildman–Crippen LogP) is 1.42. The first-order valence-electron chi connectivity index (χ1n) is 7.85. The Bertz CT molecular complexity index is 622. The van der Waals surface area contributed by atoms with Crippen molar-refractivity contribution >= 4 is 11.8 Å². The minimum absolute atomic E-state index is 0.0529. The van der Waals surface area contributed by atoms with Gasteiger partial charge in [-0.15, -0.1) is 0 Å². The van der Waals surface area contributed by atoms with E-state index in [1.54, 1.807) is 15.9 Å². The van der Waals surface area contributed by atoms with Gasteiger partial charge in [0.2, 0.25) is 11.8 Å². The zero-order valence-electron chi connectivity index (χ0n) is 13.3. The SMILES string of the molecule is COCC(=O)N1CC[C@]2(CCN(Cc3cccc(F)c3)C2=O)C1. The van der Waals surface area contributed by atoms with E-state index in [1.165, 1.54) is 19.2 Å². The Morgan fingerprint density at radius 3 is 2.87 bits per heavy atom. The number of halogens is 1. The zero-order chi connectivity index (χ0) is 16.4. The summed E-state index contributed by atoms with van der Waals surface area (Å²) in [6, 6.07) is 6.33. The van der Waals surface area contributed by atoms with Crippen molar-refractivity contribution in [1.82, 2.24) is 9.80 Å². The maximum Gasteiger partial charge on any atom is 0.248 e. The molecule has 2 amide bonds. The fraction of sp³-hybridized carbons (Fsp3) is 0.529. The number of nitrogens with zero attached hydrogens (tertiary/aromatic N) is 2. The van der Waals surface area contributed by atoms with Crippen LogP contribution in [-0.4, -0.2) is 55.0 Å². The average molecular weight is 320 g/mol. The highest BCUT2D eigenvalue weighted by Gasteiger charge is 2.51. The van der Waals surface area contributed by atoms with Crippen LogP contribution in [0.25, 0.3) is 0 Å². The summed E-state index contributed by atoms with van der Waals surface area (Å²) in [7, 11) is 1.49. The van der Waals surface area contributed by atoms with Gasteiger partial charge >= 0.3 is 0 Å². The summed E-state index contributed by atoms with van der Waals surface area (Å²) in [5.41, 5.74) is 0.331. The van der Waals surface area contributed by atoms with Gasteiger partial charge in [0.1, 0.15) is 12.4 Å². The topological polar surface area (TPSA) is 49.9 Å². The Morgan fingerprint density at radius 1 is 1.35 bits per heavy atom. The lowest BCUT2D eigenvalue weighted by Gasteiger charge is -2.23. The Kier molecular flexibility index (Phi) is 4.35. The lowest BCUT2D eigenvalue weighted by atomic mass is 9.85. The first-order valence-corrected chi connectivity index (χ1v) is 7.85. The molecule has 0 saturated carbocycles. The third-order valence-corrected chi connectivity index (χ3v) is 4.84. The minimum Gasteiger partial charge on any atom is -0.375 e. The molecular weight excluding hydrogens is 299 g/mol. The number of hydrogen-bond donors (Lipinski definition) is 0. The number of rotatable bonds is 4. The van der Waals surface area contributed by atoms with Crippen LogP contribution in [0.1, 0.15) is 18.4 Å². The third kappa shape index (κ3) is 3.08. The maximum absolute atomic E-state index is 13.3. The van der Waals surface area contributed by atoms with Gasteiger partial charge in [0, 0.05) is 33.3 Å². The van der Waals surface area contributed by atoms with Crippen LogP contribution in [0.4, 0.5) is 4.39 Å². The number of ether oxygens (including phenoxy) is 1. The third-order valence-electron chi connectivity index (χ3n) is 4.84. The summed E-state index contributed by atoms with van der Waals surface area (Å²) >= 11 is 0. The molecule has 23 heavy (non-hydrogen) atoms. The monoisotopic (exact) mass is 320 g/mol. The lowest BCUT2D eigenvalue weighted by Crippen LogP contribution is -2.39. The first-order chi connectivity index (χ1) is 11.0. The van der Waals surface area contributed by atoms with E-state index < -0.39 is 5.41 Å². The van der Waals surface area contributed by atoms with Gasteiger partial charge in [-0.1, -0.05) is 12.1 Å². The highest BCUT2D eigenvalue weighted by atomic mass is 19.1. The fourth-order valence-electron chi connectivity index (χ4n) is 3.58. The average Bonchev–Trinajstić information content (AvgIpc) is 3.08. The molecule has 2 aliphatic rings. The molecule has 0 unspecified atom stereocenters. The second-order valence-corrected chi connectivity index (χ2v) is 6.39. The van der Waals surface area contributed by atoms with Crippen molar-refractivity contribution in [2.75, 3.05) is 33.4 Å². The number of methoxy groups -OCH3 is 1. The predicted molar refractivity (Wildman–Crippen MR) is 81.9 cm³/mol. The van der Waals surface area contributed by atoms with E-state index in [0.717, 1.165) is 12.0 Å². The molecule has 0 aromatic heterocycles. The molecule has 1 spiro atoms. The normalized spacial score (nSPS) is 24.0. The number of carbonyl (C=O) groups is 2. The largest absolute Gasteiger partial charge is 0.375 e. The first kappa shape index (κ1) is 15.9. The van der Waals surface area contributed by atoms with Gasteiger partial charge in [-0.3, -0.25) is 9.59 Å². The second kappa shape index (κ2) is 6.28. The van der Waals surface area contributed by atoms with Gasteiger partial charge in [0.05, 0.1) is 5.41 Å². The summed E-state index contributed by atoms with van der Waals surface area (Å²) in [6.07, 6.45) is 1.44. The number of likely N-dealkylation sites (tertiary alicyclic amines) is 2. The van der Waals surface area contributed by atoms with Crippen LogP contribution in [0.2, 0.25) is 0 Å². The number of benzene rings is 1. The van der Waals surface area contributed by atoms with Crippen molar-refractivity contribution < 1.29 is 18.7 Å². The number of hydrogen-bond acceptors (Lipinski definition) is 3. The molecule has 3 rings (SSSR count). The molecule has 5 nitrogen and oxygen atoms in total. The molecule has 2 fully saturated rings. The molecule has 124 valence electrons. The highest BCUT2D eigenvalue weighted by Crippen LogP contribution is 2.41. The Hall–Kier alpha value is -1.95. The molecule has 0 aliphatic carbocycles. The van der Waals surface area contributed by atoms with Crippen molar-refractivity contribution in [2.24, 2.45) is 5.41 Å². The molecule has 2 heterocycles.